The number of methoxy groups -OCH3 is 1. The Morgan fingerprint density at radius 2 is 2.24 bits per heavy atom. The van der Waals surface area contributed by atoms with Gasteiger partial charge in [-0.3, -0.25) is 9.78 Å². The number of pyridine rings is 1. The first-order chi connectivity index (χ1) is 10.1. The standard InChI is InChI=1S/C14H17BrN4O2/c1-10-7-16-4-3-11(10)8-17-12-9-18-19(5-6-21-2)14(20)13(12)15/h3-4,7,9,17H,5-6,8H2,1-2H3. The second-order valence-electron chi connectivity index (χ2n) is 4.55. The molecular weight excluding hydrogens is 336 g/mol. The van der Waals surface area contributed by atoms with E-state index in [1.165, 1.54) is 4.68 Å². The maximum atomic E-state index is 12.1. The van der Waals surface area contributed by atoms with Crippen molar-refractivity contribution in [2.75, 3.05) is 19.0 Å². The molecule has 0 radical (unpaired) electrons. The normalized spacial score (nSPS) is 10.6. The predicted octanol–water partition coefficient (Wildman–Crippen LogP) is 1.97. The van der Waals surface area contributed by atoms with Gasteiger partial charge in [0.05, 0.1) is 25.0 Å². The lowest BCUT2D eigenvalue weighted by molar-refractivity contribution is 0.181. The third-order valence-electron chi connectivity index (χ3n) is 3.10. The molecule has 0 spiro atoms. The van der Waals surface area contributed by atoms with E-state index in [1.807, 2.05) is 19.2 Å². The summed E-state index contributed by atoms with van der Waals surface area (Å²) in [6.45, 7) is 3.48. The number of halogens is 1. The predicted molar refractivity (Wildman–Crippen MR) is 84.4 cm³/mol. The van der Waals surface area contributed by atoms with Crippen molar-refractivity contribution in [1.29, 1.82) is 0 Å². The van der Waals surface area contributed by atoms with Gasteiger partial charge in [-0.2, -0.15) is 5.10 Å². The third kappa shape index (κ3) is 3.89. The van der Waals surface area contributed by atoms with Gasteiger partial charge in [-0.05, 0) is 40.0 Å². The zero-order chi connectivity index (χ0) is 15.2. The van der Waals surface area contributed by atoms with E-state index in [0.29, 0.717) is 29.9 Å². The molecule has 1 N–H and O–H groups in total. The van der Waals surface area contributed by atoms with Crippen LogP contribution in [0.4, 0.5) is 5.69 Å². The number of aryl methyl sites for hydroxylation is 1. The minimum Gasteiger partial charge on any atom is -0.383 e. The van der Waals surface area contributed by atoms with Crippen LogP contribution < -0.4 is 10.9 Å². The molecule has 0 aliphatic heterocycles. The highest BCUT2D eigenvalue weighted by atomic mass is 79.9. The van der Waals surface area contributed by atoms with Gasteiger partial charge in [-0.15, -0.1) is 0 Å². The van der Waals surface area contributed by atoms with Gasteiger partial charge in [0.15, 0.2) is 0 Å². The molecule has 2 aromatic rings. The van der Waals surface area contributed by atoms with Gasteiger partial charge in [0.1, 0.15) is 4.47 Å². The molecule has 7 heteroatoms. The van der Waals surface area contributed by atoms with Crippen LogP contribution >= 0.6 is 15.9 Å². The van der Waals surface area contributed by atoms with E-state index < -0.39 is 0 Å². The summed E-state index contributed by atoms with van der Waals surface area (Å²) >= 11 is 3.33. The maximum Gasteiger partial charge on any atom is 0.283 e. The molecule has 0 aromatic carbocycles. The maximum absolute atomic E-state index is 12.1. The van der Waals surface area contributed by atoms with Gasteiger partial charge < -0.3 is 10.1 Å². The molecule has 0 bridgehead atoms. The van der Waals surface area contributed by atoms with Crippen LogP contribution in [0.3, 0.4) is 0 Å². The second kappa shape index (κ2) is 7.33. The van der Waals surface area contributed by atoms with Crippen molar-refractivity contribution in [3.63, 3.8) is 0 Å². The molecule has 0 aliphatic rings. The van der Waals surface area contributed by atoms with Gasteiger partial charge in [0.2, 0.25) is 0 Å². The summed E-state index contributed by atoms with van der Waals surface area (Å²) in [5.41, 5.74) is 2.72. The molecule has 0 fully saturated rings. The largest absolute Gasteiger partial charge is 0.383 e. The first-order valence-electron chi connectivity index (χ1n) is 6.51. The highest BCUT2D eigenvalue weighted by Crippen LogP contribution is 2.17. The summed E-state index contributed by atoms with van der Waals surface area (Å²) in [7, 11) is 1.59. The number of hydrogen-bond donors (Lipinski definition) is 1. The quantitative estimate of drug-likeness (QED) is 0.860. The van der Waals surface area contributed by atoms with Crippen molar-refractivity contribution in [3.8, 4) is 0 Å². The smallest absolute Gasteiger partial charge is 0.283 e. The average molecular weight is 353 g/mol. The Labute approximate surface area is 131 Å². The summed E-state index contributed by atoms with van der Waals surface area (Å²) in [6, 6.07) is 1.95. The fourth-order valence-corrected chi connectivity index (χ4v) is 2.26. The SMILES string of the molecule is COCCn1ncc(NCc2ccncc2C)c(Br)c1=O. The summed E-state index contributed by atoms with van der Waals surface area (Å²) < 4.78 is 6.80. The number of nitrogens with zero attached hydrogens (tertiary/aromatic N) is 3. The number of hydrogen-bond acceptors (Lipinski definition) is 5. The van der Waals surface area contributed by atoms with Crippen molar-refractivity contribution in [2.24, 2.45) is 0 Å². The summed E-state index contributed by atoms with van der Waals surface area (Å²) in [5.74, 6) is 0. The van der Waals surface area contributed by atoms with E-state index in [2.05, 4.69) is 31.3 Å². The Balaban J connectivity index is 2.13. The molecule has 21 heavy (non-hydrogen) atoms. The molecular formula is C14H17BrN4O2. The lowest BCUT2D eigenvalue weighted by Gasteiger charge is -2.11. The number of anilines is 1. The van der Waals surface area contributed by atoms with Crippen molar-refractivity contribution in [1.82, 2.24) is 14.8 Å². The Hall–Kier alpha value is -1.73. The van der Waals surface area contributed by atoms with E-state index in [4.69, 9.17) is 4.74 Å². The van der Waals surface area contributed by atoms with Gasteiger partial charge in [0.25, 0.3) is 5.56 Å². The summed E-state index contributed by atoms with van der Waals surface area (Å²) in [6.07, 6.45) is 5.20. The average Bonchev–Trinajstić information content (AvgIpc) is 2.49. The monoisotopic (exact) mass is 352 g/mol. The number of rotatable bonds is 6. The second-order valence-corrected chi connectivity index (χ2v) is 5.34. The fraction of sp³-hybridized carbons (Fsp3) is 0.357. The van der Waals surface area contributed by atoms with Gasteiger partial charge in [0, 0.05) is 26.0 Å². The van der Waals surface area contributed by atoms with Crippen LogP contribution in [0.15, 0.2) is 33.9 Å². The fourth-order valence-electron chi connectivity index (χ4n) is 1.82. The highest BCUT2D eigenvalue weighted by Gasteiger charge is 2.09. The first kappa shape index (κ1) is 15.7. The van der Waals surface area contributed by atoms with E-state index in [1.54, 1.807) is 19.5 Å². The van der Waals surface area contributed by atoms with E-state index in [-0.39, 0.29) is 5.56 Å². The van der Waals surface area contributed by atoms with Crippen molar-refractivity contribution < 1.29 is 4.74 Å². The summed E-state index contributed by atoms with van der Waals surface area (Å²) in [5, 5.41) is 7.34. The molecule has 0 atom stereocenters. The van der Waals surface area contributed by atoms with Gasteiger partial charge >= 0.3 is 0 Å². The summed E-state index contributed by atoms with van der Waals surface area (Å²) in [4.78, 5) is 16.2. The zero-order valence-electron chi connectivity index (χ0n) is 12.0. The van der Waals surface area contributed by atoms with Crippen LogP contribution in [-0.4, -0.2) is 28.5 Å². The highest BCUT2D eigenvalue weighted by molar-refractivity contribution is 9.10. The van der Waals surface area contributed by atoms with Crippen LogP contribution in [0.2, 0.25) is 0 Å². The Bertz CT molecular complexity index is 672. The molecule has 6 nitrogen and oxygen atoms in total. The molecule has 112 valence electrons. The lowest BCUT2D eigenvalue weighted by atomic mass is 10.1. The molecule has 0 unspecified atom stereocenters. The molecule has 0 aliphatic carbocycles. The van der Waals surface area contributed by atoms with Crippen molar-refractivity contribution in [3.05, 3.63) is 50.6 Å². The van der Waals surface area contributed by atoms with Crippen LogP contribution in [0.5, 0.6) is 0 Å². The van der Waals surface area contributed by atoms with Crippen LogP contribution in [0, 0.1) is 6.92 Å². The third-order valence-corrected chi connectivity index (χ3v) is 3.86. The van der Waals surface area contributed by atoms with Crippen LogP contribution in [0.1, 0.15) is 11.1 Å². The Morgan fingerprint density at radius 3 is 2.95 bits per heavy atom. The minimum atomic E-state index is -0.177. The van der Waals surface area contributed by atoms with E-state index in [9.17, 15) is 4.79 Å². The van der Waals surface area contributed by atoms with Gasteiger partial charge in [-0.25, -0.2) is 4.68 Å². The van der Waals surface area contributed by atoms with E-state index >= 15 is 0 Å². The molecule has 2 heterocycles. The number of aromatic nitrogens is 3. The van der Waals surface area contributed by atoms with Crippen LogP contribution in [0.25, 0.3) is 0 Å². The van der Waals surface area contributed by atoms with E-state index in [0.717, 1.165) is 11.1 Å². The van der Waals surface area contributed by atoms with Crippen molar-refractivity contribution >= 4 is 21.6 Å². The molecule has 0 saturated heterocycles. The Morgan fingerprint density at radius 1 is 1.43 bits per heavy atom. The number of nitrogens with one attached hydrogen (secondary N) is 1. The topological polar surface area (TPSA) is 69.0 Å². The molecule has 0 saturated carbocycles. The van der Waals surface area contributed by atoms with Gasteiger partial charge in [-0.1, -0.05) is 0 Å². The van der Waals surface area contributed by atoms with Crippen molar-refractivity contribution in [2.45, 2.75) is 20.0 Å². The molecule has 2 aromatic heterocycles. The zero-order valence-corrected chi connectivity index (χ0v) is 13.6. The molecule has 0 amide bonds. The first-order valence-corrected chi connectivity index (χ1v) is 7.30. The number of ether oxygens (including phenoxy) is 1. The minimum absolute atomic E-state index is 0.177. The van der Waals surface area contributed by atoms with Crippen LogP contribution in [-0.2, 0) is 17.8 Å². The lowest BCUT2D eigenvalue weighted by Crippen LogP contribution is -2.26. The Kier molecular flexibility index (Phi) is 5.46. The molecule has 2 rings (SSSR count).